The van der Waals surface area contributed by atoms with Crippen LogP contribution in [-0.4, -0.2) is 29.8 Å². The van der Waals surface area contributed by atoms with Gasteiger partial charge in [0.25, 0.3) is 0 Å². The van der Waals surface area contributed by atoms with Crippen LogP contribution >= 0.6 is 11.6 Å². The van der Waals surface area contributed by atoms with Crippen LogP contribution in [-0.2, 0) is 17.4 Å². The minimum absolute atomic E-state index is 0.0276. The van der Waals surface area contributed by atoms with Crippen molar-refractivity contribution in [1.82, 2.24) is 4.90 Å². The van der Waals surface area contributed by atoms with Crippen LogP contribution in [0.1, 0.15) is 17.5 Å². The third-order valence-corrected chi connectivity index (χ3v) is 3.92. The molecule has 1 unspecified atom stereocenters. The summed E-state index contributed by atoms with van der Waals surface area (Å²) in [5, 5.41) is 0. The van der Waals surface area contributed by atoms with Crippen LogP contribution in [0.2, 0.25) is 0 Å². The second-order valence-corrected chi connectivity index (χ2v) is 5.28. The molecule has 0 saturated carbocycles. The van der Waals surface area contributed by atoms with Gasteiger partial charge in [0, 0.05) is 25.4 Å². The van der Waals surface area contributed by atoms with E-state index in [9.17, 15) is 18.0 Å². The molecule has 1 atom stereocenters. The van der Waals surface area contributed by atoms with E-state index in [0.717, 1.165) is 6.07 Å². The maximum absolute atomic E-state index is 12.8. The van der Waals surface area contributed by atoms with Crippen molar-refractivity contribution >= 4 is 17.5 Å². The molecule has 6 heteroatoms. The number of carbonyl (C=O) groups excluding carboxylic acids is 1. The van der Waals surface area contributed by atoms with Crippen molar-refractivity contribution in [3.05, 3.63) is 35.4 Å². The maximum Gasteiger partial charge on any atom is 0.416 e. The lowest BCUT2D eigenvalue weighted by atomic mass is 10.0. The molecular weight excluding hydrogens is 291 g/mol. The van der Waals surface area contributed by atoms with Gasteiger partial charge in [0.2, 0.25) is 5.91 Å². The molecule has 0 aromatic heterocycles. The quantitative estimate of drug-likeness (QED) is 0.781. The summed E-state index contributed by atoms with van der Waals surface area (Å²) >= 11 is 5.71. The van der Waals surface area contributed by atoms with E-state index in [4.69, 9.17) is 11.6 Å². The van der Waals surface area contributed by atoms with E-state index in [2.05, 4.69) is 0 Å². The van der Waals surface area contributed by atoms with E-state index >= 15 is 0 Å². The Balaban J connectivity index is 2.03. The Morgan fingerprint density at radius 1 is 1.30 bits per heavy atom. The van der Waals surface area contributed by atoms with E-state index in [1.165, 1.54) is 12.1 Å². The first kappa shape index (κ1) is 15.2. The van der Waals surface area contributed by atoms with E-state index in [-0.39, 0.29) is 23.8 Å². The van der Waals surface area contributed by atoms with Gasteiger partial charge in [-0.25, -0.2) is 0 Å². The molecule has 2 nitrogen and oxygen atoms in total. The molecule has 110 valence electrons. The first-order chi connectivity index (χ1) is 9.41. The van der Waals surface area contributed by atoms with E-state index in [1.807, 2.05) is 0 Å². The molecule has 1 aromatic carbocycles. The predicted octanol–water partition coefficient (Wildman–Crippen LogP) is 3.34. The summed E-state index contributed by atoms with van der Waals surface area (Å²) in [6, 6.07) is 5.49. The van der Waals surface area contributed by atoms with E-state index in [0.29, 0.717) is 25.4 Å². The van der Waals surface area contributed by atoms with Crippen LogP contribution < -0.4 is 0 Å². The average Bonchev–Trinajstić information content (AvgIpc) is 2.76. The Morgan fingerprint density at radius 2 is 2.00 bits per heavy atom. The van der Waals surface area contributed by atoms with Crippen molar-refractivity contribution in [1.29, 1.82) is 0 Å². The molecule has 0 radical (unpaired) electrons. The fourth-order valence-electron chi connectivity index (χ4n) is 2.44. The minimum Gasteiger partial charge on any atom is -0.342 e. The van der Waals surface area contributed by atoms with E-state index < -0.39 is 11.7 Å². The predicted molar refractivity (Wildman–Crippen MR) is 70.6 cm³/mol. The number of amides is 1. The second kappa shape index (κ2) is 6.04. The zero-order valence-electron chi connectivity index (χ0n) is 10.8. The van der Waals surface area contributed by atoms with Crippen LogP contribution in [0, 0.1) is 5.92 Å². The summed E-state index contributed by atoms with van der Waals surface area (Å²) in [6.07, 6.45) is -3.76. The SMILES string of the molecule is O=C1CC(CCl)CN1CCc1ccccc1C(F)(F)F. The fraction of sp³-hybridized carbons (Fsp3) is 0.500. The number of rotatable bonds is 4. The Bertz CT molecular complexity index is 490. The van der Waals surface area contributed by atoms with Crippen LogP contribution in [0.25, 0.3) is 0 Å². The summed E-state index contributed by atoms with van der Waals surface area (Å²) < 4.78 is 38.5. The highest BCUT2D eigenvalue weighted by atomic mass is 35.5. The van der Waals surface area contributed by atoms with Crippen LogP contribution in [0.4, 0.5) is 13.2 Å². The number of hydrogen-bond acceptors (Lipinski definition) is 1. The number of likely N-dealkylation sites (tertiary alicyclic amines) is 1. The molecule has 1 heterocycles. The van der Waals surface area contributed by atoms with E-state index in [1.54, 1.807) is 11.0 Å². The zero-order chi connectivity index (χ0) is 14.8. The lowest BCUT2D eigenvalue weighted by Gasteiger charge is -2.18. The molecule has 0 bridgehead atoms. The lowest BCUT2D eigenvalue weighted by molar-refractivity contribution is -0.138. The highest BCUT2D eigenvalue weighted by Crippen LogP contribution is 2.32. The number of halogens is 4. The lowest BCUT2D eigenvalue weighted by Crippen LogP contribution is -2.28. The minimum atomic E-state index is -4.36. The maximum atomic E-state index is 12.8. The molecule has 0 aliphatic carbocycles. The second-order valence-electron chi connectivity index (χ2n) is 4.97. The molecule has 0 spiro atoms. The van der Waals surface area contributed by atoms with Crippen LogP contribution in [0.3, 0.4) is 0 Å². The molecule has 0 N–H and O–H groups in total. The Hall–Kier alpha value is -1.23. The smallest absolute Gasteiger partial charge is 0.342 e. The van der Waals surface area contributed by atoms with Gasteiger partial charge in [-0.15, -0.1) is 11.6 Å². The Morgan fingerprint density at radius 3 is 2.60 bits per heavy atom. The molecule has 1 aliphatic heterocycles. The fourth-order valence-corrected chi connectivity index (χ4v) is 2.65. The van der Waals surface area contributed by atoms with Crippen LogP contribution in [0.15, 0.2) is 24.3 Å². The monoisotopic (exact) mass is 305 g/mol. The Kier molecular flexibility index (Phi) is 4.58. The normalized spacial score (nSPS) is 19.7. The highest BCUT2D eigenvalue weighted by molar-refractivity contribution is 6.18. The molecule has 1 fully saturated rings. The molecule has 1 amide bonds. The highest BCUT2D eigenvalue weighted by Gasteiger charge is 2.33. The number of benzene rings is 1. The molecule has 1 saturated heterocycles. The largest absolute Gasteiger partial charge is 0.416 e. The van der Waals surface area contributed by atoms with Gasteiger partial charge in [0.1, 0.15) is 0 Å². The van der Waals surface area contributed by atoms with Gasteiger partial charge < -0.3 is 4.90 Å². The van der Waals surface area contributed by atoms with Gasteiger partial charge in [-0.2, -0.15) is 13.2 Å². The zero-order valence-corrected chi connectivity index (χ0v) is 11.5. The summed E-state index contributed by atoms with van der Waals surface area (Å²) in [4.78, 5) is 13.3. The summed E-state index contributed by atoms with van der Waals surface area (Å²) in [5.41, 5.74) is -0.400. The average molecular weight is 306 g/mol. The number of carbonyl (C=O) groups is 1. The number of alkyl halides is 4. The topological polar surface area (TPSA) is 20.3 Å². The van der Waals surface area contributed by atoms with Crippen molar-refractivity contribution in [2.24, 2.45) is 5.92 Å². The van der Waals surface area contributed by atoms with Gasteiger partial charge in [0.15, 0.2) is 0 Å². The summed E-state index contributed by atoms with van der Waals surface area (Å²) in [6.45, 7) is 0.843. The van der Waals surface area contributed by atoms with Crippen molar-refractivity contribution in [3.63, 3.8) is 0 Å². The van der Waals surface area contributed by atoms with Crippen molar-refractivity contribution < 1.29 is 18.0 Å². The van der Waals surface area contributed by atoms with Gasteiger partial charge in [-0.3, -0.25) is 4.79 Å². The molecule has 1 aromatic rings. The molecule has 2 rings (SSSR count). The number of hydrogen-bond donors (Lipinski definition) is 0. The van der Waals surface area contributed by atoms with Crippen LogP contribution in [0.5, 0.6) is 0 Å². The first-order valence-corrected chi connectivity index (χ1v) is 6.94. The standard InChI is InChI=1S/C14H15ClF3NO/c15-8-10-7-13(20)19(9-10)6-5-11-3-1-2-4-12(11)14(16,17)18/h1-4,10H,5-9H2. The van der Waals surface area contributed by atoms with Gasteiger partial charge in [-0.1, -0.05) is 18.2 Å². The molecule has 1 aliphatic rings. The van der Waals surface area contributed by atoms with Gasteiger partial charge in [0.05, 0.1) is 5.56 Å². The van der Waals surface area contributed by atoms with Gasteiger partial charge >= 0.3 is 6.18 Å². The van der Waals surface area contributed by atoms with Crippen molar-refractivity contribution in [2.45, 2.75) is 19.0 Å². The third-order valence-electron chi connectivity index (χ3n) is 3.49. The first-order valence-electron chi connectivity index (χ1n) is 6.40. The number of nitrogens with zero attached hydrogens (tertiary/aromatic N) is 1. The molecular formula is C14H15ClF3NO. The van der Waals surface area contributed by atoms with Gasteiger partial charge in [-0.05, 0) is 24.0 Å². The van der Waals surface area contributed by atoms with Crippen molar-refractivity contribution in [3.8, 4) is 0 Å². The Labute approximate surface area is 120 Å². The third kappa shape index (κ3) is 3.45. The summed E-state index contributed by atoms with van der Waals surface area (Å²) in [5.74, 6) is 0.489. The summed E-state index contributed by atoms with van der Waals surface area (Å²) in [7, 11) is 0. The molecule has 20 heavy (non-hydrogen) atoms. The van der Waals surface area contributed by atoms with Crippen molar-refractivity contribution in [2.75, 3.05) is 19.0 Å².